The summed E-state index contributed by atoms with van der Waals surface area (Å²) in [4.78, 5) is 8.88. The zero-order valence-electron chi connectivity index (χ0n) is 17.8. The first-order valence-electron chi connectivity index (χ1n) is 10.2. The minimum atomic E-state index is 0. The fourth-order valence-corrected chi connectivity index (χ4v) is 3.62. The van der Waals surface area contributed by atoms with Crippen LogP contribution in [0.1, 0.15) is 18.4 Å². The summed E-state index contributed by atoms with van der Waals surface area (Å²) < 4.78 is 17.8. The molecule has 1 aromatic carbocycles. The minimum Gasteiger partial charge on any atom is -0.492 e. The highest BCUT2D eigenvalue weighted by Gasteiger charge is 2.32. The van der Waals surface area contributed by atoms with E-state index in [1.165, 1.54) is 0 Å². The van der Waals surface area contributed by atoms with Crippen LogP contribution in [0.5, 0.6) is 5.75 Å². The van der Waals surface area contributed by atoms with Gasteiger partial charge in [0.25, 0.3) is 0 Å². The second kappa shape index (κ2) is 12.6. The van der Waals surface area contributed by atoms with Gasteiger partial charge in [-0.2, -0.15) is 0 Å². The molecule has 2 unspecified atom stereocenters. The van der Waals surface area contributed by atoms with Crippen LogP contribution in [0.4, 0.5) is 0 Å². The van der Waals surface area contributed by atoms with Gasteiger partial charge < -0.3 is 29.3 Å². The topological polar surface area (TPSA) is 58.6 Å². The summed E-state index contributed by atoms with van der Waals surface area (Å²) in [6, 6.07) is 8.18. The molecule has 0 amide bonds. The number of nitrogens with zero attached hydrogens (tertiary/aromatic N) is 3. The lowest BCUT2D eigenvalue weighted by molar-refractivity contribution is -0.0817. The van der Waals surface area contributed by atoms with Crippen LogP contribution in [-0.2, 0) is 16.0 Å². The van der Waals surface area contributed by atoms with E-state index in [1.54, 1.807) is 0 Å². The first-order chi connectivity index (χ1) is 13.7. The number of likely N-dealkylation sites (N-methyl/N-ethyl adjacent to an activating group) is 1. The third-order valence-corrected chi connectivity index (χ3v) is 5.19. The van der Waals surface area contributed by atoms with E-state index in [2.05, 4.69) is 26.2 Å². The largest absolute Gasteiger partial charge is 0.492 e. The average molecular weight is 518 g/mol. The molecular weight excluding hydrogens is 483 g/mol. The standard InChI is InChI=1S/C21H34N4O3.HI/c1-22-21(25-11-14-28-20(16-25)19-9-6-12-26-19)23-15-17-7-4-5-8-18(17)27-13-10-24(2)3;/h4-5,7-8,19-20H,6,9-16H2,1-3H3,(H,22,23);1H. The first kappa shape index (κ1) is 24.2. The molecule has 0 spiro atoms. The van der Waals surface area contributed by atoms with Crippen LogP contribution in [0, 0.1) is 0 Å². The van der Waals surface area contributed by atoms with E-state index in [9.17, 15) is 0 Å². The Kier molecular flexibility index (Phi) is 10.5. The summed E-state index contributed by atoms with van der Waals surface area (Å²) in [5.41, 5.74) is 1.13. The van der Waals surface area contributed by atoms with Crippen LogP contribution in [0.3, 0.4) is 0 Å². The van der Waals surface area contributed by atoms with Gasteiger partial charge in [-0.05, 0) is 33.0 Å². The molecule has 0 bridgehead atoms. The minimum absolute atomic E-state index is 0. The maximum absolute atomic E-state index is 5.97. The Bertz CT molecular complexity index is 638. The second-order valence-corrected chi connectivity index (χ2v) is 7.57. The molecule has 8 heteroatoms. The molecule has 0 aliphatic carbocycles. The number of morpholine rings is 1. The Labute approximate surface area is 191 Å². The van der Waals surface area contributed by atoms with E-state index in [0.717, 1.165) is 56.4 Å². The van der Waals surface area contributed by atoms with E-state index in [-0.39, 0.29) is 36.2 Å². The van der Waals surface area contributed by atoms with Crippen LogP contribution >= 0.6 is 24.0 Å². The molecule has 2 aliphatic heterocycles. The zero-order valence-corrected chi connectivity index (χ0v) is 20.1. The number of para-hydroxylation sites is 1. The van der Waals surface area contributed by atoms with Crippen molar-refractivity contribution in [3.05, 3.63) is 29.8 Å². The quantitative estimate of drug-likeness (QED) is 0.340. The number of benzene rings is 1. The van der Waals surface area contributed by atoms with Gasteiger partial charge in [0.2, 0.25) is 0 Å². The normalized spacial score (nSPS) is 22.5. The summed E-state index contributed by atoms with van der Waals surface area (Å²) in [7, 11) is 5.93. The predicted octanol–water partition coefficient (Wildman–Crippen LogP) is 2.20. The molecule has 3 rings (SSSR count). The highest BCUT2D eigenvalue weighted by molar-refractivity contribution is 14.0. The lowest BCUT2D eigenvalue weighted by atomic mass is 10.1. The van der Waals surface area contributed by atoms with Crippen LogP contribution in [0.2, 0.25) is 0 Å². The van der Waals surface area contributed by atoms with Gasteiger partial charge in [-0.3, -0.25) is 4.99 Å². The van der Waals surface area contributed by atoms with E-state index in [1.807, 2.05) is 39.3 Å². The molecular formula is C21H35IN4O3. The molecule has 2 heterocycles. The van der Waals surface area contributed by atoms with Crippen molar-refractivity contribution in [1.82, 2.24) is 15.1 Å². The summed E-state index contributed by atoms with van der Waals surface area (Å²) in [5, 5.41) is 3.50. The number of ether oxygens (including phenoxy) is 3. The number of rotatable bonds is 7. The molecule has 29 heavy (non-hydrogen) atoms. The van der Waals surface area contributed by atoms with Crippen molar-refractivity contribution < 1.29 is 14.2 Å². The highest BCUT2D eigenvalue weighted by atomic mass is 127. The molecule has 2 aliphatic rings. The number of halogens is 1. The van der Waals surface area contributed by atoms with E-state index >= 15 is 0 Å². The van der Waals surface area contributed by atoms with Crippen molar-refractivity contribution in [3.8, 4) is 5.75 Å². The molecule has 2 fully saturated rings. The number of hydrogen-bond acceptors (Lipinski definition) is 5. The molecule has 0 radical (unpaired) electrons. The van der Waals surface area contributed by atoms with Crippen LogP contribution < -0.4 is 10.1 Å². The molecule has 2 saturated heterocycles. The van der Waals surface area contributed by atoms with Crippen molar-refractivity contribution in [2.45, 2.75) is 31.6 Å². The summed E-state index contributed by atoms with van der Waals surface area (Å²) in [6.07, 6.45) is 2.55. The van der Waals surface area contributed by atoms with E-state index in [4.69, 9.17) is 14.2 Å². The first-order valence-corrected chi connectivity index (χ1v) is 10.2. The maximum Gasteiger partial charge on any atom is 0.194 e. The fraction of sp³-hybridized carbons (Fsp3) is 0.667. The van der Waals surface area contributed by atoms with Crippen molar-refractivity contribution in [2.24, 2.45) is 4.99 Å². The van der Waals surface area contributed by atoms with Gasteiger partial charge in [0.1, 0.15) is 18.5 Å². The Morgan fingerprint density at radius 2 is 2.03 bits per heavy atom. The molecule has 1 aromatic rings. The summed E-state index contributed by atoms with van der Waals surface area (Å²) in [6.45, 7) is 5.44. The van der Waals surface area contributed by atoms with Gasteiger partial charge in [0.05, 0.1) is 12.7 Å². The van der Waals surface area contributed by atoms with Gasteiger partial charge in [0.15, 0.2) is 5.96 Å². The maximum atomic E-state index is 5.97. The molecule has 0 aromatic heterocycles. The van der Waals surface area contributed by atoms with Gasteiger partial charge in [0, 0.05) is 45.4 Å². The van der Waals surface area contributed by atoms with Crippen molar-refractivity contribution in [3.63, 3.8) is 0 Å². The zero-order chi connectivity index (χ0) is 19.8. The third kappa shape index (κ3) is 7.27. The van der Waals surface area contributed by atoms with Crippen LogP contribution in [0.15, 0.2) is 29.3 Å². The van der Waals surface area contributed by atoms with Gasteiger partial charge in [-0.25, -0.2) is 0 Å². The van der Waals surface area contributed by atoms with Crippen molar-refractivity contribution in [1.29, 1.82) is 0 Å². The molecule has 164 valence electrons. The highest BCUT2D eigenvalue weighted by Crippen LogP contribution is 2.21. The number of aliphatic imine (C=N–C) groups is 1. The summed E-state index contributed by atoms with van der Waals surface area (Å²) in [5.74, 6) is 1.82. The molecule has 2 atom stereocenters. The molecule has 1 N–H and O–H groups in total. The van der Waals surface area contributed by atoms with E-state index in [0.29, 0.717) is 19.8 Å². The van der Waals surface area contributed by atoms with Crippen LogP contribution in [0.25, 0.3) is 0 Å². The SMILES string of the molecule is CN=C(NCc1ccccc1OCCN(C)C)N1CCOC(C2CCCO2)C1.I. The van der Waals surface area contributed by atoms with Gasteiger partial charge in [-0.1, -0.05) is 18.2 Å². The lowest BCUT2D eigenvalue weighted by Gasteiger charge is -2.37. The monoisotopic (exact) mass is 518 g/mol. The smallest absolute Gasteiger partial charge is 0.194 e. The van der Waals surface area contributed by atoms with Gasteiger partial charge >= 0.3 is 0 Å². The lowest BCUT2D eigenvalue weighted by Crippen LogP contribution is -2.53. The Balaban J connectivity index is 0.00000300. The Morgan fingerprint density at radius 3 is 2.76 bits per heavy atom. The number of hydrogen-bond donors (Lipinski definition) is 1. The Morgan fingerprint density at radius 1 is 1.24 bits per heavy atom. The van der Waals surface area contributed by atoms with Crippen molar-refractivity contribution >= 4 is 29.9 Å². The Hall–Kier alpha value is -1.10. The predicted molar refractivity (Wildman–Crippen MR) is 126 cm³/mol. The van der Waals surface area contributed by atoms with Gasteiger partial charge in [-0.15, -0.1) is 24.0 Å². The van der Waals surface area contributed by atoms with Crippen molar-refractivity contribution in [2.75, 3.05) is 60.6 Å². The average Bonchev–Trinajstić information content (AvgIpc) is 3.24. The summed E-state index contributed by atoms with van der Waals surface area (Å²) >= 11 is 0. The van der Waals surface area contributed by atoms with Crippen LogP contribution in [-0.4, -0.2) is 88.6 Å². The fourth-order valence-electron chi connectivity index (χ4n) is 3.62. The number of nitrogens with one attached hydrogen (secondary N) is 1. The molecule has 7 nitrogen and oxygen atoms in total. The third-order valence-electron chi connectivity index (χ3n) is 5.19. The number of guanidine groups is 1. The second-order valence-electron chi connectivity index (χ2n) is 7.57. The van der Waals surface area contributed by atoms with E-state index < -0.39 is 0 Å². The molecule has 0 saturated carbocycles.